The lowest BCUT2D eigenvalue weighted by molar-refractivity contribution is 0.157. The van der Waals surface area contributed by atoms with E-state index >= 15 is 0 Å². The fraction of sp³-hybridized carbons (Fsp3) is 0.308. The van der Waals surface area contributed by atoms with Crippen LogP contribution in [0, 0.1) is 0 Å². The molecule has 2 aromatic carbocycles. The molecule has 0 saturated carbocycles. The number of rotatable bonds is 5. The number of fused-ring (bicyclic) bond motifs is 2. The molecule has 36 heavy (non-hydrogen) atoms. The Kier molecular flexibility index (Phi) is 6.16. The first-order chi connectivity index (χ1) is 17.5. The highest BCUT2D eigenvalue weighted by Crippen LogP contribution is 2.38. The van der Waals surface area contributed by atoms with Crippen LogP contribution in [-0.4, -0.2) is 66.1 Å². The lowest BCUT2D eigenvalue weighted by Crippen LogP contribution is -2.31. The molecule has 3 radical (unpaired) electrons. The monoisotopic (exact) mass is 512 g/mol. The Labute approximate surface area is 216 Å². The Balaban J connectivity index is 1.44. The summed E-state index contributed by atoms with van der Waals surface area (Å²) in [6.45, 7) is 1.86. The van der Waals surface area contributed by atoms with Gasteiger partial charge < -0.3 is 15.0 Å². The molecule has 1 saturated heterocycles. The van der Waals surface area contributed by atoms with Crippen LogP contribution in [0.25, 0.3) is 32.2 Å². The van der Waals surface area contributed by atoms with Crippen molar-refractivity contribution in [1.82, 2.24) is 29.6 Å². The highest BCUT2D eigenvalue weighted by molar-refractivity contribution is 7.16. The first-order valence-corrected chi connectivity index (χ1v) is 13.4. The number of hydrogen-bond acceptors (Lipinski definition) is 8. The smallest absolute Gasteiger partial charge is 0.145 e. The number of aryl methyl sites for hydroxylation is 1. The summed E-state index contributed by atoms with van der Waals surface area (Å²) < 4.78 is 9.68. The van der Waals surface area contributed by atoms with Gasteiger partial charge in [-0.1, -0.05) is 0 Å². The van der Waals surface area contributed by atoms with E-state index < -0.39 is 0 Å². The van der Waals surface area contributed by atoms with Crippen LogP contribution in [0.1, 0.15) is 12.8 Å². The largest absolute Gasteiger partial charge is 0.488 e. The van der Waals surface area contributed by atoms with Gasteiger partial charge in [0.05, 0.1) is 32.8 Å². The molecular weight excluding hydrogens is 486 g/mol. The molecule has 1 aliphatic heterocycles. The SMILES string of the molecule is CN1CC([Si])CC[C@H](Oc2cc(-c3cnn(C)c3)cc3ncnc(Nc4ccc5ncsc5c4)c23)C1. The van der Waals surface area contributed by atoms with Gasteiger partial charge in [0.25, 0.3) is 0 Å². The molecule has 1 unspecified atom stereocenters. The van der Waals surface area contributed by atoms with Gasteiger partial charge in [-0.3, -0.25) is 4.68 Å². The summed E-state index contributed by atoms with van der Waals surface area (Å²) in [5, 5.41) is 8.74. The first kappa shape index (κ1) is 23.1. The van der Waals surface area contributed by atoms with Gasteiger partial charge in [0.2, 0.25) is 0 Å². The average molecular weight is 513 g/mol. The number of anilines is 2. The zero-order chi connectivity index (χ0) is 24.6. The molecule has 2 atom stereocenters. The fourth-order valence-corrected chi connectivity index (χ4v) is 5.99. The van der Waals surface area contributed by atoms with Gasteiger partial charge in [-0.15, -0.1) is 11.3 Å². The maximum atomic E-state index is 6.75. The fourth-order valence-electron chi connectivity index (χ4n) is 4.79. The maximum absolute atomic E-state index is 6.75. The Morgan fingerprint density at radius 1 is 1.03 bits per heavy atom. The quantitative estimate of drug-likeness (QED) is 0.338. The molecule has 1 fully saturated rings. The molecule has 4 heterocycles. The van der Waals surface area contributed by atoms with Crippen LogP contribution in [0.2, 0.25) is 5.54 Å². The topological polar surface area (TPSA) is 81.0 Å². The van der Waals surface area contributed by atoms with Crippen molar-refractivity contribution in [2.24, 2.45) is 7.05 Å². The molecule has 1 aliphatic rings. The van der Waals surface area contributed by atoms with E-state index in [4.69, 9.17) is 4.74 Å². The Morgan fingerprint density at radius 3 is 2.81 bits per heavy atom. The number of hydrogen-bond donors (Lipinski definition) is 1. The molecule has 181 valence electrons. The summed E-state index contributed by atoms with van der Waals surface area (Å²) in [4.78, 5) is 16.0. The molecule has 1 N–H and O–H groups in total. The summed E-state index contributed by atoms with van der Waals surface area (Å²) in [5.74, 6) is 1.50. The van der Waals surface area contributed by atoms with E-state index in [0.29, 0.717) is 5.54 Å². The van der Waals surface area contributed by atoms with Gasteiger partial charge in [-0.05, 0) is 67.9 Å². The van der Waals surface area contributed by atoms with Crippen molar-refractivity contribution in [3.05, 3.63) is 54.6 Å². The number of likely N-dealkylation sites (tertiary alicyclic amines) is 1. The van der Waals surface area contributed by atoms with E-state index in [2.05, 4.69) is 65.8 Å². The van der Waals surface area contributed by atoms with Crippen LogP contribution in [0.15, 0.2) is 54.6 Å². The molecule has 0 amide bonds. The van der Waals surface area contributed by atoms with E-state index in [-0.39, 0.29) is 6.10 Å². The number of likely N-dealkylation sites (N-methyl/N-ethyl adjacent to an activating group) is 1. The van der Waals surface area contributed by atoms with Crippen molar-refractivity contribution in [1.29, 1.82) is 0 Å². The summed E-state index contributed by atoms with van der Waals surface area (Å²) >= 11 is 1.62. The molecule has 0 bridgehead atoms. The minimum absolute atomic E-state index is 0.0605. The third kappa shape index (κ3) is 4.71. The Bertz CT molecular complexity index is 1530. The number of thiazole rings is 1. The summed E-state index contributed by atoms with van der Waals surface area (Å²) in [7, 11) is 7.92. The maximum Gasteiger partial charge on any atom is 0.145 e. The van der Waals surface area contributed by atoms with Gasteiger partial charge in [0, 0.05) is 41.3 Å². The zero-order valence-electron chi connectivity index (χ0n) is 20.2. The van der Waals surface area contributed by atoms with Crippen LogP contribution >= 0.6 is 11.3 Å². The van der Waals surface area contributed by atoms with Gasteiger partial charge in [0.1, 0.15) is 24.0 Å². The van der Waals surface area contributed by atoms with Crippen molar-refractivity contribution in [3.63, 3.8) is 0 Å². The summed E-state index contributed by atoms with van der Waals surface area (Å²) in [5.41, 5.74) is 7.12. The molecule has 0 spiro atoms. The lowest BCUT2D eigenvalue weighted by atomic mass is 10.1. The van der Waals surface area contributed by atoms with Crippen LogP contribution < -0.4 is 10.1 Å². The number of nitrogens with zero attached hydrogens (tertiary/aromatic N) is 6. The first-order valence-electron chi connectivity index (χ1n) is 12.0. The summed E-state index contributed by atoms with van der Waals surface area (Å²) in [6.07, 6.45) is 7.55. The predicted molar refractivity (Wildman–Crippen MR) is 145 cm³/mol. The van der Waals surface area contributed by atoms with E-state index in [1.54, 1.807) is 22.3 Å². The highest BCUT2D eigenvalue weighted by atomic mass is 32.1. The predicted octanol–water partition coefficient (Wildman–Crippen LogP) is 4.81. The second-order valence-electron chi connectivity index (χ2n) is 9.39. The Morgan fingerprint density at radius 2 is 1.94 bits per heavy atom. The normalized spacial score (nSPS) is 19.0. The molecule has 6 rings (SSSR count). The third-order valence-electron chi connectivity index (χ3n) is 6.51. The second-order valence-corrected chi connectivity index (χ2v) is 11.1. The number of aromatic nitrogens is 5. The van der Waals surface area contributed by atoms with E-state index in [1.807, 2.05) is 37.1 Å². The van der Waals surface area contributed by atoms with Crippen LogP contribution in [0.3, 0.4) is 0 Å². The minimum Gasteiger partial charge on any atom is -0.488 e. The third-order valence-corrected chi connectivity index (χ3v) is 7.78. The standard InChI is InChI=1S/C26H26N7OSSi/c1-32-12-19(4-5-20(36)13-32)34-23-8-16(17-10-30-33(2)11-17)7-22-25(23)26(28-14-27-22)31-18-3-6-21-24(9-18)35-15-29-21/h3,6-11,14-15,19-20H,4-5,12-13H2,1-2H3,(H,27,28,31)/t19-,20?/m0/s1. The van der Waals surface area contributed by atoms with Crippen LogP contribution in [-0.2, 0) is 7.05 Å². The molecule has 3 aromatic heterocycles. The molecule has 5 aromatic rings. The minimum atomic E-state index is 0.0605. The number of benzene rings is 2. The van der Waals surface area contributed by atoms with Crippen molar-refractivity contribution in [2.45, 2.75) is 24.5 Å². The van der Waals surface area contributed by atoms with Crippen LogP contribution in [0.5, 0.6) is 5.75 Å². The summed E-state index contributed by atoms with van der Waals surface area (Å²) in [6, 6.07) is 10.3. The van der Waals surface area contributed by atoms with Crippen LogP contribution in [0.4, 0.5) is 11.5 Å². The number of ether oxygens (including phenoxy) is 1. The molecule has 10 heteroatoms. The average Bonchev–Trinajstić information content (AvgIpc) is 3.47. The Hall–Kier alpha value is -3.34. The van der Waals surface area contributed by atoms with E-state index in [0.717, 1.165) is 75.4 Å². The molecular formula is C26H26N7OSSi. The highest BCUT2D eigenvalue weighted by Gasteiger charge is 2.23. The van der Waals surface area contributed by atoms with Gasteiger partial charge >= 0.3 is 0 Å². The lowest BCUT2D eigenvalue weighted by Gasteiger charge is -2.23. The van der Waals surface area contributed by atoms with Crippen molar-refractivity contribution < 1.29 is 4.74 Å². The van der Waals surface area contributed by atoms with E-state index in [1.165, 1.54) is 0 Å². The van der Waals surface area contributed by atoms with Crippen molar-refractivity contribution in [3.8, 4) is 16.9 Å². The van der Waals surface area contributed by atoms with Gasteiger partial charge in [-0.2, -0.15) is 5.10 Å². The van der Waals surface area contributed by atoms with Crippen molar-refractivity contribution in [2.75, 3.05) is 25.5 Å². The zero-order valence-corrected chi connectivity index (χ0v) is 22.0. The molecule has 0 aliphatic carbocycles. The number of nitrogens with one attached hydrogen (secondary N) is 1. The van der Waals surface area contributed by atoms with E-state index in [9.17, 15) is 0 Å². The van der Waals surface area contributed by atoms with Gasteiger partial charge in [0.15, 0.2) is 0 Å². The van der Waals surface area contributed by atoms with Crippen molar-refractivity contribution >= 4 is 54.2 Å². The van der Waals surface area contributed by atoms with Gasteiger partial charge in [-0.25, -0.2) is 15.0 Å². The second kappa shape index (κ2) is 9.60. The molecule has 8 nitrogen and oxygen atoms in total.